The molecule has 4 heteroatoms. The third-order valence-corrected chi connectivity index (χ3v) is 3.79. The Morgan fingerprint density at radius 2 is 2.05 bits per heavy atom. The maximum Gasteiger partial charge on any atom is 0.223 e. The van der Waals surface area contributed by atoms with Crippen molar-refractivity contribution in [3.8, 4) is 0 Å². The van der Waals surface area contributed by atoms with Crippen LogP contribution in [0.5, 0.6) is 0 Å². The molecule has 0 heterocycles. The topological polar surface area (TPSA) is 55.1 Å². The summed E-state index contributed by atoms with van der Waals surface area (Å²) < 4.78 is 13.5. The van der Waals surface area contributed by atoms with Crippen molar-refractivity contribution in [1.82, 2.24) is 5.32 Å². The molecule has 0 aliphatic rings. The molecule has 2 atom stereocenters. The second-order valence-electron chi connectivity index (χ2n) is 5.61. The summed E-state index contributed by atoms with van der Waals surface area (Å²) in [5, 5.41) is 2.99. The third kappa shape index (κ3) is 6.25. The maximum absolute atomic E-state index is 13.5. The molecule has 3 nitrogen and oxygen atoms in total. The predicted molar refractivity (Wildman–Crippen MR) is 84.4 cm³/mol. The zero-order chi connectivity index (χ0) is 15.7. The van der Waals surface area contributed by atoms with Crippen molar-refractivity contribution in [3.05, 3.63) is 35.6 Å². The molecule has 3 N–H and O–H groups in total. The summed E-state index contributed by atoms with van der Waals surface area (Å²) in [6, 6.07) is 6.76. The Morgan fingerprint density at radius 3 is 2.67 bits per heavy atom. The average Bonchev–Trinajstić information content (AvgIpc) is 2.50. The minimum absolute atomic E-state index is 0.0119. The van der Waals surface area contributed by atoms with E-state index in [4.69, 9.17) is 5.73 Å². The Kier molecular flexibility index (Phi) is 7.98. The van der Waals surface area contributed by atoms with Gasteiger partial charge in [-0.05, 0) is 30.9 Å². The molecule has 0 bridgehead atoms. The van der Waals surface area contributed by atoms with E-state index in [2.05, 4.69) is 12.2 Å². The molecule has 0 fully saturated rings. The molecule has 2 unspecified atom stereocenters. The normalized spacial score (nSPS) is 13.7. The summed E-state index contributed by atoms with van der Waals surface area (Å²) in [5.74, 6) is -0.328. The Balaban J connectivity index is 2.42. The van der Waals surface area contributed by atoms with E-state index in [-0.39, 0.29) is 23.7 Å². The lowest BCUT2D eigenvalue weighted by atomic mass is 9.99. The monoisotopic (exact) mass is 294 g/mol. The first kappa shape index (κ1) is 17.6. The summed E-state index contributed by atoms with van der Waals surface area (Å²) in [4.78, 5) is 12.1. The van der Waals surface area contributed by atoms with Crippen LogP contribution in [0.4, 0.5) is 4.39 Å². The van der Waals surface area contributed by atoms with Gasteiger partial charge in [0.25, 0.3) is 0 Å². The summed E-state index contributed by atoms with van der Waals surface area (Å²) in [7, 11) is 0. The maximum atomic E-state index is 13.5. The van der Waals surface area contributed by atoms with E-state index in [9.17, 15) is 9.18 Å². The van der Waals surface area contributed by atoms with Gasteiger partial charge < -0.3 is 11.1 Å². The Hall–Kier alpha value is -1.42. The first-order valence-corrected chi connectivity index (χ1v) is 7.82. The van der Waals surface area contributed by atoms with Crippen LogP contribution in [0.25, 0.3) is 0 Å². The van der Waals surface area contributed by atoms with Crippen molar-refractivity contribution in [3.63, 3.8) is 0 Å². The van der Waals surface area contributed by atoms with Crippen LogP contribution in [0.3, 0.4) is 0 Å². The quantitative estimate of drug-likeness (QED) is 0.735. The van der Waals surface area contributed by atoms with Gasteiger partial charge in [-0.25, -0.2) is 4.39 Å². The molecule has 0 aliphatic heterocycles. The highest BCUT2D eigenvalue weighted by Gasteiger charge is 2.17. The molecule has 118 valence electrons. The number of rotatable bonds is 9. The standard InChI is InChI=1S/C17H27FN2O/c1-3-4-8-15(12-19)20-17(21)13(2)10-11-14-7-5-6-9-16(14)18/h5-7,9,13,15H,3-4,8,10-12,19H2,1-2H3,(H,20,21). The number of halogens is 1. The van der Waals surface area contributed by atoms with Gasteiger partial charge >= 0.3 is 0 Å². The van der Waals surface area contributed by atoms with E-state index in [0.29, 0.717) is 24.9 Å². The van der Waals surface area contributed by atoms with Crippen LogP contribution >= 0.6 is 0 Å². The number of unbranched alkanes of at least 4 members (excludes halogenated alkanes) is 1. The number of hydrogen-bond acceptors (Lipinski definition) is 2. The SMILES string of the molecule is CCCCC(CN)NC(=O)C(C)CCc1ccccc1F. The van der Waals surface area contributed by atoms with Crippen molar-refractivity contribution < 1.29 is 9.18 Å². The molecule has 0 aromatic heterocycles. The number of nitrogens with two attached hydrogens (primary N) is 1. The molecular formula is C17H27FN2O. The van der Waals surface area contributed by atoms with Crippen molar-refractivity contribution in [2.75, 3.05) is 6.54 Å². The second kappa shape index (κ2) is 9.50. The van der Waals surface area contributed by atoms with Crippen LogP contribution in [-0.2, 0) is 11.2 Å². The fraction of sp³-hybridized carbons (Fsp3) is 0.588. The van der Waals surface area contributed by atoms with Crippen LogP contribution in [0.15, 0.2) is 24.3 Å². The van der Waals surface area contributed by atoms with E-state index in [1.54, 1.807) is 12.1 Å². The fourth-order valence-electron chi connectivity index (χ4n) is 2.25. The number of carbonyl (C=O) groups excluding carboxylic acids is 1. The lowest BCUT2D eigenvalue weighted by Crippen LogP contribution is -2.42. The van der Waals surface area contributed by atoms with Crippen LogP contribution in [0.2, 0.25) is 0 Å². The number of benzene rings is 1. The first-order chi connectivity index (χ1) is 10.1. The largest absolute Gasteiger partial charge is 0.352 e. The van der Waals surface area contributed by atoms with Gasteiger partial charge in [0.2, 0.25) is 5.91 Å². The molecule has 1 aromatic carbocycles. The van der Waals surface area contributed by atoms with Gasteiger partial charge in [0, 0.05) is 18.5 Å². The van der Waals surface area contributed by atoms with E-state index in [0.717, 1.165) is 19.3 Å². The number of carbonyl (C=O) groups is 1. The van der Waals surface area contributed by atoms with E-state index in [1.165, 1.54) is 6.07 Å². The average molecular weight is 294 g/mol. The lowest BCUT2D eigenvalue weighted by Gasteiger charge is -2.19. The summed E-state index contributed by atoms with van der Waals surface area (Å²) in [6.07, 6.45) is 4.28. The number of aryl methyl sites for hydroxylation is 1. The van der Waals surface area contributed by atoms with Crippen LogP contribution in [0, 0.1) is 11.7 Å². The van der Waals surface area contributed by atoms with Crippen molar-refractivity contribution in [1.29, 1.82) is 0 Å². The van der Waals surface area contributed by atoms with Gasteiger partial charge in [0.1, 0.15) is 5.82 Å². The summed E-state index contributed by atoms with van der Waals surface area (Å²) >= 11 is 0. The van der Waals surface area contributed by atoms with Crippen LogP contribution in [-0.4, -0.2) is 18.5 Å². The molecule has 1 aromatic rings. The predicted octanol–water partition coefficient (Wildman–Crippen LogP) is 3.03. The van der Waals surface area contributed by atoms with Crippen molar-refractivity contribution in [2.45, 2.75) is 52.0 Å². The number of amides is 1. The lowest BCUT2D eigenvalue weighted by molar-refractivity contribution is -0.125. The molecule has 0 aliphatic carbocycles. The van der Waals surface area contributed by atoms with Gasteiger partial charge in [0.05, 0.1) is 0 Å². The Labute approximate surface area is 127 Å². The van der Waals surface area contributed by atoms with Gasteiger partial charge in [-0.15, -0.1) is 0 Å². The molecular weight excluding hydrogens is 267 g/mol. The highest BCUT2D eigenvalue weighted by atomic mass is 19.1. The minimum Gasteiger partial charge on any atom is -0.352 e. The van der Waals surface area contributed by atoms with Crippen molar-refractivity contribution >= 4 is 5.91 Å². The third-order valence-electron chi connectivity index (χ3n) is 3.79. The first-order valence-electron chi connectivity index (χ1n) is 7.82. The molecule has 1 amide bonds. The van der Waals surface area contributed by atoms with Crippen molar-refractivity contribution in [2.24, 2.45) is 11.7 Å². The highest BCUT2D eigenvalue weighted by Crippen LogP contribution is 2.13. The molecule has 0 radical (unpaired) electrons. The minimum atomic E-state index is -0.201. The Morgan fingerprint density at radius 1 is 1.33 bits per heavy atom. The van der Waals surface area contributed by atoms with Gasteiger partial charge in [-0.3, -0.25) is 4.79 Å². The Bertz CT molecular complexity index is 437. The van der Waals surface area contributed by atoms with E-state index >= 15 is 0 Å². The smallest absolute Gasteiger partial charge is 0.223 e. The number of nitrogens with one attached hydrogen (secondary N) is 1. The fourth-order valence-corrected chi connectivity index (χ4v) is 2.25. The summed E-state index contributed by atoms with van der Waals surface area (Å²) in [5.41, 5.74) is 6.35. The summed E-state index contributed by atoms with van der Waals surface area (Å²) in [6.45, 7) is 4.46. The number of hydrogen-bond donors (Lipinski definition) is 2. The molecule has 0 spiro atoms. The molecule has 21 heavy (non-hydrogen) atoms. The van der Waals surface area contributed by atoms with Crippen LogP contribution in [0.1, 0.15) is 45.1 Å². The molecule has 1 rings (SSSR count). The zero-order valence-electron chi connectivity index (χ0n) is 13.1. The second-order valence-corrected chi connectivity index (χ2v) is 5.61. The van der Waals surface area contributed by atoms with E-state index in [1.807, 2.05) is 13.0 Å². The van der Waals surface area contributed by atoms with Crippen LogP contribution < -0.4 is 11.1 Å². The molecule has 0 saturated heterocycles. The molecule has 0 saturated carbocycles. The highest BCUT2D eigenvalue weighted by molar-refractivity contribution is 5.78. The zero-order valence-corrected chi connectivity index (χ0v) is 13.1. The van der Waals surface area contributed by atoms with Gasteiger partial charge in [0.15, 0.2) is 0 Å². The van der Waals surface area contributed by atoms with Gasteiger partial charge in [-0.1, -0.05) is 44.9 Å². The van der Waals surface area contributed by atoms with Gasteiger partial charge in [-0.2, -0.15) is 0 Å². The van der Waals surface area contributed by atoms with E-state index < -0.39 is 0 Å².